The van der Waals surface area contributed by atoms with Crippen molar-refractivity contribution in [2.45, 2.75) is 44.5 Å². The number of hydrogen-bond donors (Lipinski definition) is 0. The third-order valence-electron chi connectivity index (χ3n) is 3.63. The number of likely N-dealkylation sites (tertiary alicyclic amines) is 1. The van der Waals surface area contributed by atoms with Crippen LogP contribution in [0.5, 0.6) is 0 Å². The second-order valence-electron chi connectivity index (χ2n) is 4.79. The Balaban J connectivity index is 2.13. The fourth-order valence-corrected chi connectivity index (χ4v) is 4.17. The Labute approximate surface area is 92.3 Å². The van der Waals surface area contributed by atoms with Crippen molar-refractivity contribution in [2.75, 3.05) is 19.6 Å². The smallest absolute Gasteiger partial charge is 0.216 e. The SMILES string of the molecule is CCN1C[C@@H]2C[C@H]1CN2S(=O)(=O)C(C)C. The first-order valence-corrected chi connectivity index (χ1v) is 7.21. The lowest BCUT2D eigenvalue weighted by Gasteiger charge is -2.33. The van der Waals surface area contributed by atoms with E-state index in [1.165, 1.54) is 0 Å². The van der Waals surface area contributed by atoms with E-state index in [0.717, 1.165) is 19.5 Å². The molecule has 0 saturated carbocycles. The van der Waals surface area contributed by atoms with Crippen LogP contribution < -0.4 is 0 Å². The molecule has 0 N–H and O–H groups in total. The van der Waals surface area contributed by atoms with Gasteiger partial charge in [-0.1, -0.05) is 6.92 Å². The van der Waals surface area contributed by atoms with Gasteiger partial charge in [-0.05, 0) is 26.8 Å². The molecule has 4 nitrogen and oxygen atoms in total. The molecule has 0 aliphatic carbocycles. The van der Waals surface area contributed by atoms with Gasteiger partial charge in [0.1, 0.15) is 0 Å². The standard InChI is InChI=1S/C10H20N2O2S/c1-4-11-6-10-5-9(11)7-12(10)15(13,14)8(2)3/h8-10H,4-7H2,1-3H3/t9-,10-/m0/s1. The molecule has 5 heteroatoms. The Morgan fingerprint density at radius 2 is 1.93 bits per heavy atom. The highest BCUT2D eigenvalue weighted by molar-refractivity contribution is 7.89. The van der Waals surface area contributed by atoms with Crippen LogP contribution >= 0.6 is 0 Å². The summed E-state index contributed by atoms with van der Waals surface area (Å²) in [7, 11) is -3.03. The first kappa shape index (κ1) is 11.4. The van der Waals surface area contributed by atoms with Crippen LogP contribution in [-0.4, -0.2) is 54.6 Å². The molecule has 2 aliphatic rings. The number of likely N-dealkylation sites (N-methyl/N-ethyl adjacent to an activating group) is 1. The third kappa shape index (κ3) is 1.70. The van der Waals surface area contributed by atoms with Gasteiger partial charge in [0.25, 0.3) is 0 Å². The molecule has 2 atom stereocenters. The van der Waals surface area contributed by atoms with Gasteiger partial charge in [0.2, 0.25) is 10.0 Å². The minimum Gasteiger partial charge on any atom is -0.298 e. The minimum absolute atomic E-state index is 0.238. The monoisotopic (exact) mass is 232 g/mol. The number of sulfonamides is 1. The summed E-state index contributed by atoms with van der Waals surface area (Å²) in [6.45, 7) is 8.34. The molecule has 2 saturated heterocycles. The fraction of sp³-hybridized carbons (Fsp3) is 1.00. The molecule has 88 valence electrons. The number of fused-ring (bicyclic) bond motifs is 2. The van der Waals surface area contributed by atoms with E-state index in [0.29, 0.717) is 12.6 Å². The summed E-state index contributed by atoms with van der Waals surface area (Å²) < 4.78 is 25.8. The summed E-state index contributed by atoms with van der Waals surface area (Å²) in [6.07, 6.45) is 1.03. The Hall–Kier alpha value is -0.130. The summed E-state index contributed by atoms with van der Waals surface area (Å²) in [5.74, 6) is 0. The Kier molecular flexibility index (Phi) is 2.81. The van der Waals surface area contributed by atoms with E-state index < -0.39 is 10.0 Å². The molecular weight excluding hydrogens is 212 g/mol. The molecule has 0 amide bonds. The van der Waals surface area contributed by atoms with E-state index in [1.807, 2.05) is 0 Å². The molecule has 0 aromatic heterocycles. The van der Waals surface area contributed by atoms with E-state index in [1.54, 1.807) is 18.2 Å². The topological polar surface area (TPSA) is 40.6 Å². The molecule has 0 radical (unpaired) electrons. The van der Waals surface area contributed by atoms with E-state index in [2.05, 4.69) is 11.8 Å². The van der Waals surface area contributed by atoms with Gasteiger partial charge in [-0.3, -0.25) is 4.90 Å². The number of nitrogens with zero attached hydrogens (tertiary/aromatic N) is 2. The maximum atomic E-state index is 12.0. The highest BCUT2D eigenvalue weighted by Crippen LogP contribution is 2.33. The summed E-state index contributed by atoms with van der Waals surface area (Å²) in [6, 6.07) is 0.705. The van der Waals surface area contributed by atoms with Crippen molar-refractivity contribution >= 4 is 10.0 Å². The molecule has 2 bridgehead atoms. The van der Waals surface area contributed by atoms with Crippen LogP contribution in [0.2, 0.25) is 0 Å². The van der Waals surface area contributed by atoms with Crippen LogP contribution in [0.3, 0.4) is 0 Å². The van der Waals surface area contributed by atoms with Crippen LogP contribution in [0.1, 0.15) is 27.2 Å². The highest BCUT2D eigenvalue weighted by Gasteiger charge is 2.47. The fourth-order valence-electron chi connectivity index (χ4n) is 2.68. The highest BCUT2D eigenvalue weighted by atomic mass is 32.2. The largest absolute Gasteiger partial charge is 0.298 e. The molecule has 0 aromatic rings. The van der Waals surface area contributed by atoms with Gasteiger partial charge in [-0.2, -0.15) is 4.31 Å². The van der Waals surface area contributed by atoms with Gasteiger partial charge >= 0.3 is 0 Å². The van der Waals surface area contributed by atoms with E-state index >= 15 is 0 Å². The van der Waals surface area contributed by atoms with Crippen molar-refractivity contribution in [3.8, 4) is 0 Å². The minimum atomic E-state index is -3.03. The lowest BCUT2D eigenvalue weighted by Crippen LogP contribution is -2.50. The maximum Gasteiger partial charge on any atom is 0.216 e. The first-order valence-electron chi connectivity index (χ1n) is 5.71. The average molecular weight is 232 g/mol. The van der Waals surface area contributed by atoms with Crippen molar-refractivity contribution in [2.24, 2.45) is 0 Å². The predicted molar refractivity (Wildman–Crippen MR) is 60.2 cm³/mol. The van der Waals surface area contributed by atoms with E-state index in [4.69, 9.17) is 0 Å². The lowest BCUT2D eigenvalue weighted by atomic mass is 10.2. The van der Waals surface area contributed by atoms with Gasteiger partial charge in [-0.25, -0.2) is 8.42 Å². The molecule has 0 unspecified atom stereocenters. The van der Waals surface area contributed by atoms with Crippen molar-refractivity contribution in [1.29, 1.82) is 0 Å². The Bertz CT molecular complexity index is 339. The van der Waals surface area contributed by atoms with Gasteiger partial charge in [-0.15, -0.1) is 0 Å². The Morgan fingerprint density at radius 3 is 2.33 bits per heavy atom. The molecule has 2 fully saturated rings. The number of rotatable bonds is 3. The third-order valence-corrected chi connectivity index (χ3v) is 5.92. The van der Waals surface area contributed by atoms with Gasteiger partial charge in [0, 0.05) is 25.2 Å². The molecule has 0 spiro atoms. The van der Waals surface area contributed by atoms with Crippen LogP contribution in [0.25, 0.3) is 0 Å². The zero-order valence-electron chi connectivity index (χ0n) is 9.68. The van der Waals surface area contributed by atoms with E-state index in [9.17, 15) is 8.42 Å². The van der Waals surface area contributed by atoms with Crippen LogP contribution in [0.4, 0.5) is 0 Å². The molecule has 0 aromatic carbocycles. The summed E-state index contributed by atoms with van der Waals surface area (Å²) >= 11 is 0. The molecular formula is C10H20N2O2S. The second kappa shape index (κ2) is 3.71. The van der Waals surface area contributed by atoms with Gasteiger partial charge < -0.3 is 0 Å². The zero-order valence-corrected chi connectivity index (χ0v) is 10.5. The second-order valence-corrected chi connectivity index (χ2v) is 7.24. The van der Waals surface area contributed by atoms with E-state index in [-0.39, 0.29) is 11.3 Å². The van der Waals surface area contributed by atoms with Crippen LogP contribution in [-0.2, 0) is 10.0 Å². The lowest BCUT2D eigenvalue weighted by molar-refractivity contribution is 0.189. The van der Waals surface area contributed by atoms with Crippen molar-refractivity contribution in [1.82, 2.24) is 9.21 Å². The first-order chi connectivity index (χ1) is 6.96. The summed E-state index contributed by atoms with van der Waals surface area (Å²) in [5.41, 5.74) is 0. The Morgan fingerprint density at radius 1 is 1.27 bits per heavy atom. The number of hydrogen-bond acceptors (Lipinski definition) is 3. The van der Waals surface area contributed by atoms with Crippen molar-refractivity contribution in [3.63, 3.8) is 0 Å². The number of piperazine rings is 1. The quantitative estimate of drug-likeness (QED) is 0.711. The van der Waals surface area contributed by atoms with Crippen LogP contribution in [0, 0.1) is 0 Å². The summed E-state index contributed by atoms with van der Waals surface area (Å²) in [5, 5.41) is -0.285. The zero-order chi connectivity index (χ0) is 11.2. The van der Waals surface area contributed by atoms with Crippen molar-refractivity contribution in [3.05, 3.63) is 0 Å². The predicted octanol–water partition coefficient (Wildman–Crippen LogP) is 0.503. The molecule has 2 rings (SSSR count). The van der Waals surface area contributed by atoms with Gasteiger partial charge in [0.15, 0.2) is 0 Å². The normalized spacial score (nSPS) is 33.1. The molecule has 2 aliphatic heterocycles. The molecule has 15 heavy (non-hydrogen) atoms. The van der Waals surface area contributed by atoms with Gasteiger partial charge in [0.05, 0.1) is 5.25 Å². The average Bonchev–Trinajstić information content (AvgIpc) is 2.75. The molecule has 2 heterocycles. The van der Waals surface area contributed by atoms with Crippen LogP contribution in [0.15, 0.2) is 0 Å². The van der Waals surface area contributed by atoms with Crippen molar-refractivity contribution < 1.29 is 8.42 Å². The summed E-state index contributed by atoms with van der Waals surface area (Å²) in [4.78, 5) is 2.39. The maximum absolute atomic E-state index is 12.0.